The highest BCUT2D eigenvalue weighted by Gasteiger charge is 2.45. The molecule has 0 bridgehead atoms. The zero-order chi connectivity index (χ0) is 13.4. The molecule has 3 heterocycles. The molecule has 0 aromatic carbocycles. The topological polar surface area (TPSA) is 89.6 Å². The third-order valence-electron chi connectivity index (χ3n) is 3.42. The molecule has 4 atom stereocenters. The van der Waals surface area contributed by atoms with Crippen molar-refractivity contribution < 1.29 is 19.7 Å². The summed E-state index contributed by atoms with van der Waals surface area (Å²) in [4.78, 5) is 8.15. The molecule has 0 radical (unpaired) electrons. The lowest BCUT2D eigenvalue weighted by Gasteiger charge is -2.20. The molecule has 0 amide bonds. The molecule has 19 heavy (non-hydrogen) atoms. The van der Waals surface area contributed by atoms with Crippen molar-refractivity contribution in [1.29, 1.82) is 0 Å². The minimum Gasteiger partial charge on any atom is -0.394 e. The van der Waals surface area contributed by atoms with Crippen LogP contribution in [-0.2, 0) is 9.47 Å². The summed E-state index contributed by atoms with van der Waals surface area (Å²) < 4.78 is 12.7. The normalized spacial score (nSPS) is 31.1. The van der Waals surface area contributed by atoms with E-state index in [1.165, 1.54) is 13.4 Å². The van der Waals surface area contributed by atoms with Crippen LogP contribution in [0.2, 0.25) is 0 Å². The number of rotatable bonds is 3. The van der Waals surface area contributed by atoms with Gasteiger partial charge in [0, 0.05) is 24.9 Å². The van der Waals surface area contributed by atoms with Crippen LogP contribution >= 0.6 is 0 Å². The third-order valence-corrected chi connectivity index (χ3v) is 3.42. The molecule has 2 aromatic rings. The molecule has 1 aliphatic rings. The van der Waals surface area contributed by atoms with Gasteiger partial charge in [0.1, 0.15) is 30.3 Å². The van der Waals surface area contributed by atoms with E-state index < -0.39 is 24.5 Å². The summed E-state index contributed by atoms with van der Waals surface area (Å²) in [7, 11) is 1.50. The van der Waals surface area contributed by atoms with Crippen molar-refractivity contribution in [3.8, 4) is 0 Å². The Labute approximate surface area is 109 Å². The van der Waals surface area contributed by atoms with Gasteiger partial charge >= 0.3 is 0 Å². The standard InChI is InChI=1S/C12H15N3O4/c1-18-10-9(17)8(5-16)19-12(10)15-3-2-7-4-13-6-14-11(7)15/h2-4,6,8-10,12,16-17H,5H2,1H3. The van der Waals surface area contributed by atoms with Crippen molar-refractivity contribution in [2.45, 2.75) is 24.5 Å². The van der Waals surface area contributed by atoms with E-state index in [-0.39, 0.29) is 6.61 Å². The molecule has 1 saturated heterocycles. The fourth-order valence-electron chi connectivity index (χ4n) is 2.45. The summed E-state index contributed by atoms with van der Waals surface area (Å²) in [6.45, 7) is -0.258. The molecule has 7 nitrogen and oxygen atoms in total. The molecule has 0 spiro atoms. The van der Waals surface area contributed by atoms with Gasteiger partial charge in [0.05, 0.1) is 6.61 Å². The maximum Gasteiger partial charge on any atom is 0.164 e. The lowest BCUT2D eigenvalue weighted by Crippen LogP contribution is -2.34. The average molecular weight is 265 g/mol. The first kappa shape index (κ1) is 12.5. The highest BCUT2D eigenvalue weighted by Crippen LogP contribution is 2.33. The van der Waals surface area contributed by atoms with E-state index in [0.717, 1.165) is 5.39 Å². The van der Waals surface area contributed by atoms with Gasteiger partial charge < -0.3 is 24.3 Å². The first-order chi connectivity index (χ1) is 9.26. The monoisotopic (exact) mass is 265 g/mol. The van der Waals surface area contributed by atoms with Crippen molar-refractivity contribution in [2.75, 3.05) is 13.7 Å². The zero-order valence-corrected chi connectivity index (χ0v) is 10.4. The number of aromatic nitrogens is 3. The Hall–Kier alpha value is -1.54. The molecule has 0 saturated carbocycles. The summed E-state index contributed by atoms with van der Waals surface area (Å²) in [5.41, 5.74) is 0.702. The van der Waals surface area contributed by atoms with Gasteiger partial charge in [0.2, 0.25) is 0 Å². The van der Waals surface area contributed by atoms with Crippen LogP contribution in [0.5, 0.6) is 0 Å². The summed E-state index contributed by atoms with van der Waals surface area (Å²) >= 11 is 0. The molecule has 2 N–H and O–H groups in total. The van der Waals surface area contributed by atoms with Gasteiger partial charge in [-0.3, -0.25) is 0 Å². The van der Waals surface area contributed by atoms with Crippen LogP contribution in [0.25, 0.3) is 11.0 Å². The molecule has 102 valence electrons. The molecular weight excluding hydrogens is 250 g/mol. The van der Waals surface area contributed by atoms with E-state index >= 15 is 0 Å². The minimum absolute atomic E-state index is 0.258. The lowest BCUT2D eigenvalue weighted by atomic mass is 10.1. The Morgan fingerprint density at radius 3 is 3.11 bits per heavy atom. The molecule has 0 aliphatic carbocycles. The zero-order valence-electron chi connectivity index (χ0n) is 10.4. The Balaban J connectivity index is 2.01. The van der Waals surface area contributed by atoms with E-state index in [1.807, 2.05) is 12.3 Å². The maximum absolute atomic E-state index is 10.0. The van der Waals surface area contributed by atoms with Crippen molar-refractivity contribution in [3.63, 3.8) is 0 Å². The number of fused-ring (bicyclic) bond motifs is 1. The lowest BCUT2D eigenvalue weighted by molar-refractivity contribution is -0.0580. The highest BCUT2D eigenvalue weighted by atomic mass is 16.6. The third kappa shape index (κ3) is 1.91. The van der Waals surface area contributed by atoms with Crippen molar-refractivity contribution in [1.82, 2.24) is 14.5 Å². The molecule has 1 fully saturated rings. The Morgan fingerprint density at radius 1 is 1.53 bits per heavy atom. The van der Waals surface area contributed by atoms with Gasteiger partial charge in [-0.15, -0.1) is 0 Å². The summed E-state index contributed by atoms with van der Waals surface area (Å²) in [6, 6.07) is 1.87. The average Bonchev–Trinajstić information content (AvgIpc) is 2.99. The number of methoxy groups -OCH3 is 1. The quantitative estimate of drug-likeness (QED) is 0.791. The van der Waals surface area contributed by atoms with Gasteiger partial charge in [-0.25, -0.2) is 9.97 Å². The van der Waals surface area contributed by atoms with Crippen LogP contribution in [0.3, 0.4) is 0 Å². The Morgan fingerprint density at radius 2 is 2.37 bits per heavy atom. The number of aliphatic hydroxyl groups excluding tert-OH is 2. The van der Waals surface area contributed by atoms with Crippen molar-refractivity contribution in [2.24, 2.45) is 0 Å². The summed E-state index contributed by atoms with van der Waals surface area (Å²) in [5.74, 6) is 0. The van der Waals surface area contributed by atoms with Gasteiger partial charge in [0.25, 0.3) is 0 Å². The SMILES string of the molecule is COC1C(O)C(CO)OC1n1ccc2cncnc21. The summed E-state index contributed by atoms with van der Waals surface area (Å²) in [5, 5.41) is 20.1. The first-order valence-electron chi connectivity index (χ1n) is 6.00. The first-order valence-corrected chi connectivity index (χ1v) is 6.00. The molecule has 4 unspecified atom stereocenters. The molecule has 7 heteroatoms. The maximum atomic E-state index is 10.0. The number of nitrogens with zero attached hydrogens (tertiary/aromatic N) is 3. The van der Waals surface area contributed by atoms with Crippen LogP contribution < -0.4 is 0 Å². The van der Waals surface area contributed by atoms with E-state index in [4.69, 9.17) is 9.47 Å². The number of ether oxygens (including phenoxy) is 2. The molecule has 1 aliphatic heterocycles. The largest absolute Gasteiger partial charge is 0.394 e. The highest BCUT2D eigenvalue weighted by molar-refractivity contribution is 5.74. The van der Waals surface area contributed by atoms with Crippen LogP contribution in [0.15, 0.2) is 24.8 Å². The second kappa shape index (κ2) is 4.86. The second-order valence-electron chi connectivity index (χ2n) is 4.46. The van der Waals surface area contributed by atoms with Crippen LogP contribution in [0.4, 0.5) is 0 Å². The minimum atomic E-state index is -0.876. The van der Waals surface area contributed by atoms with E-state index in [0.29, 0.717) is 5.65 Å². The fourth-order valence-corrected chi connectivity index (χ4v) is 2.45. The predicted molar refractivity (Wildman–Crippen MR) is 65.3 cm³/mol. The Bertz CT molecular complexity index is 573. The number of aliphatic hydroxyl groups is 2. The predicted octanol–water partition coefficient (Wildman–Crippen LogP) is -0.303. The molecular formula is C12H15N3O4. The van der Waals surface area contributed by atoms with Crippen molar-refractivity contribution in [3.05, 3.63) is 24.8 Å². The second-order valence-corrected chi connectivity index (χ2v) is 4.46. The molecule has 2 aromatic heterocycles. The van der Waals surface area contributed by atoms with Crippen molar-refractivity contribution >= 4 is 11.0 Å². The molecule has 3 rings (SSSR count). The smallest absolute Gasteiger partial charge is 0.164 e. The van der Waals surface area contributed by atoms with Gasteiger partial charge in [-0.05, 0) is 6.07 Å². The number of hydrogen-bond acceptors (Lipinski definition) is 6. The van der Waals surface area contributed by atoms with Crippen LogP contribution in [-0.4, -0.2) is 56.8 Å². The summed E-state index contributed by atoms with van der Waals surface area (Å²) in [6.07, 6.45) is 2.36. The van der Waals surface area contributed by atoms with E-state index in [2.05, 4.69) is 9.97 Å². The number of hydrogen-bond donors (Lipinski definition) is 2. The fraction of sp³-hybridized carbons (Fsp3) is 0.500. The Kier molecular flexibility index (Phi) is 3.19. The van der Waals surface area contributed by atoms with Gasteiger partial charge in [-0.1, -0.05) is 0 Å². The van der Waals surface area contributed by atoms with Gasteiger partial charge in [0.15, 0.2) is 6.23 Å². The van der Waals surface area contributed by atoms with Gasteiger partial charge in [-0.2, -0.15) is 0 Å². The van der Waals surface area contributed by atoms with Crippen LogP contribution in [0, 0.1) is 0 Å². The van der Waals surface area contributed by atoms with Crippen LogP contribution in [0.1, 0.15) is 6.23 Å². The van der Waals surface area contributed by atoms with E-state index in [1.54, 1.807) is 10.8 Å². The van der Waals surface area contributed by atoms with E-state index in [9.17, 15) is 10.2 Å².